The van der Waals surface area contributed by atoms with Crippen molar-refractivity contribution in [2.75, 3.05) is 12.3 Å². The third-order valence-corrected chi connectivity index (χ3v) is 2.99. The van der Waals surface area contributed by atoms with E-state index in [0.29, 0.717) is 5.82 Å². The quantitative estimate of drug-likeness (QED) is 0.786. The Morgan fingerprint density at radius 3 is 3.06 bits per heavy atom. The van der Waals surface area contributed by atoms with Crippen LogP contribution in [0.15, 0.2) is 24.4 Å². The molecule has 2 aromatic rings. The van der Waals surface area contributed by atoms with Crippen LogP contribution in [-0.4, -0.2) is 16.4 Å². The minimum atomic E-state index is 0.693. The lowest BCUT2D eigenvalue weighted by molar-refractivity contribution is 0.357. The van der Waals surface area contributed by atoms with Crippen molar-refractivity contribution >= 4 is 5.82 Å². The summed E-state index contributed by atoms with van der Waals surface area (Å²) >= 11 is 0. The molecule has 0 unspecified atom stereocenters. The molecule has 4 nitrogen and oxygen atoms in total. The molecule has 4 heteroatoms. The molecule has 2 N–H and O–H groups in total. The molecule has 82 valence electrons. The maximum Gasteiger partial charge on any atom is 0.129 e. The first-order valence-electron chi connectivity index (χ1n) is 5.29. The molecule has 0 bridgehead atoms. The zero-order valence-corrected chi connectivity index (χ0v) is 9.10. The summed E-state index contributed by atoms with van der Waals surface area (Å²) in [5.74, 6) is 1.69. The van der Waals surface area contributed by atoms with Gasteiger partial charge in [-0.15, -0.1) is 0 Å². The molecule has 3 rings (SSSR count). The van der Waals surface area contributed by atoms with Gasteiger partial charge in [-0.25, -0.2) is 0 Å². The average Bonchev–Trinajstić information content (AvgIpc) is 2.86. The van der Waals surface area contributed by atoms with Gasteiger partial charge in [0, 0.05) is 19.0 Å². The molecule has 1 aliphatic rings. The highest BCUT2D eigenvalue weighted by Gasteiger charge is 2.14. The number of anilines is 1. The summed E-state index contributed by atoms with van der Waals surface area (Å²) in [7, 11) is 1.84. The molecule has 1 aromatic heterocycles. The second-order valence-electron chi connectivity index (χ2n) is 3.99. The molecule has 0 fully saturated rings. The third kappa shape index (κ3) is 1.26. The molecule has 0 atom stereocenters. The summed E-state index contributed by atoms with van der Waals surface area (Å²) in [6.07, 6.45) is 2.77. The van der Waals surface area contributed by atoms with Crippen LogP contribution < -0.4 is 10.5 Å². The number of aromatic nitrogens is 2. The Bertz CT molecular complexity index is 545. The van der Waals surface area contributed by atoms with Crippen molar-refractivity contribution in [1.29, 1.82) is 0 Å². The third-order valence-electron chi connectivity index (χ3n) is 2.99. The van der Waals surface area contributed by atoms with Crippen molar-refractivity contribution in [2.24, 2.45) is 7.05 Å². The molecular formula is C12H13N3O. The monoisotopic (exact) mass is 215 g/mol. The van der Waals surface area contributed by atoms with Crippen molar-refractivity contribution in [1.82, 2.24) is 9.78 Å². The molecular weight excluding hydrogens is 202 g/mol. The fourth-order valence-corrected chi connectivity index (χ4v) is 2.02. The van der Waals surface area contributed by atoms with E-state index >= 15 is 0 Å². The lowest BCUT2D eigenvalue weighted by Crippen LogP contribution is -1.98. The maximum absolute atomic E-state index is 5.95. The number of ether oxygens (including phenoxy) is 1. The van der Waals surface area contributed by atoms with Gasteiger partial charge in [0.05, 0.1) is 12.8 Å². The van der Waals surface area contributed by atoms with Gasteiger partial charge in [0.2, 0.25) is 0 Å². The van der Waals surface area contributed by atoms with Crippen molar-refractivity contribution in [2.45, 2.75) is 6.42 Å². The molecule has 0 saturated carbocycles. The number of nitrogens with two attached hydrogens (primary N) is 1. The number of nitrogen functional groups attached to an aromatic ring is 1. The zero-order chi connectivity index (χ0) is 11.1. The summed E-state index contributed by atoms with van der Waals surface area (Å²) < 4.78 is 7.15. The number of hydrogen-bond donors (Lipinski definition) is 1. The van der Waals surface area contributed by atoms with E-state index in [9.17, 15) is 0 Å². The first-order chi connectivity index (χ1) is 7.75. The second kappa shape index (κ2) is 3.27. The number of benzene rings is 1. The first kappa shape index (κ1) is 9.27. The highest BCUT2D eigenvalue weighted by molar-refractivity contribution is 5.74. The fourth-order valence-electron chi connectivity index (χ4n) is 2.02. The van der Waals surface area contributed by atoms with E-state index < -0.39 is 0 Å². The van der Waals surface area contributed by atoms with Crippen molar-refractivity contribution in [3.63, 3.8) is 0 Å². The Labute approximate surface area is 93.6 Å². The van der Waals surface area contributed by atoms with Crippen molar-refractivity contribution < 1.29 is 4.74 Å². The SMILES string of the molecule is Cn1ncc(-c2ccc3c(c2)CCO3)c1N. The van der Waals surface area contributed by atoms with Crippen LogP contribution in [0.25, 0.3) is 11.1 Å². The molecule has 0 aliphatic carbocycles. The van der Waals surface area contributed by atoms with Gasteiger partial charge in [-0.05, 0) is 23.3 Å². The molecule has 2 heterocycles. The van der Waals surface area contributed by atoms with E-state index in [1.807, 2.05) is 19.2 Å². The molecule has 1 aliphatic heterocycles. The lowest BCUT2D eigenvalue weighted by atomic mass is 10.0. The summed E-state index contributed by atoms with van der Waals surface area (Å²) in [5, 5.41) is 4.15. The van der Waals surface area contributed by atoms with Crippen molar-refractivity contribution in [3.8, 4) is 16.9 Å². The number of aryl methyl sites for hydroxylation is 1. The molecule has 0 spiro atoms. The van der Waals surface area contributed by atoms with E-state index in [4.69, 9.17) is 10.5 Å². The van der Waals surface area contributed by atoms with E-state index in [2.05, 4.69) is 11.2 Å². The highest BCUT2D eigenvalue weighted by atomic mass is 16.5. The lowest BCUT2D eigenvalue weighted by Gasteiger charge is -2.03. The highest BCUT2D eigenvalue weighted by Crippen LogP contribution is 2.32. The van der Waals surface area contributed by atoms with Crippen molar-refractivity contribution in [3.05, 3.63) is 30.0 Å². The van der Waals surface area contributed by atoms with E-state index in [0.717, 1.165) is 29.9 Å². The van der Waals surface area contributed by atoms with Gasteiger partial charge in [0.15, 0.2) is 0 Å². The van der Waals surface area contributed by atoms with Gasteiger partial charge in [0.25, 0.3) is 0 Å². The van der Waals surface area contributed by atoms with Gasteiger partial charge < -0.3 is 10.5 Å². The summed E-state index contributed by atoms with van der Waals surface area (Å²) in [4.78, 5) is 0. The van der Waals surface area contributed by atoms with Crippen LogP contribution in [0.2, 0.25) is 0 Å². The predicted molar refractivity (Wildman–Crippen MR) is 62.3 cm³/mol. The van der Waals surface area contributed by atoms with E-state index in [1.54, 1.807) is 10.9 Å². The second-order valence-corrected chi connectivity index (χ2v) is 3.99. The fraction of sp³-hybridized carbons (Fsp3) is 0.250. The van der Waals surface area contributed by atoms with E-state index in [1.165, 1.54) is 5.56 Å². The molecule has 0 amide bonds. The van der Waals surface area contributed by atoms with Gasteiger partial charge >= 0.3 is 0 Å². The van der Waals surface area contributed by atoms with Crippen LogP contribution in [0, 0.1) is 0 Å². The van der Waals surface area contributed by atoms with Crippen LogP contribution in [0.1, 0.15) is 5.56 Å². The Morgan fingerprint density at radius 2 is 2.31 bits per heavy atom. The number of nitrogens with zero attached hydrogens (tertiary/aromatic N) is 2. The van der Waals surface area contributed by atoms with Crippen LogP contribution in [0.5, 0.6) is 5.75 Å². The van der Waals surface area contributed by atoms with Crippen LogP contribution >= 0.6 is 0 Å². The Balaban J connectivity index is 2.10. The number of hydrogen-bond acceptors (Lipinski definition) is 3. The Hall–Kier alpha value is -1.97. The van der Waals surface area contributed by atoms with Gasteiger partial charge in [-0.1, -0.05) is 6.07 Å². The minimum Gasteiger partial charge on any atom is -0.493 e. The van der Waals surface area contributed by atoms with E-state index in [-0.39, 0.29) is 0 Å². The minimum absolute atomic E-state index is 0.693. The first-order valence-corrected chi connectivity index (χ1v) is 5.29. The molecule has 16 heavy (non-hydrogen) atoms. The van der Waals surface area contributed by atoms with Gasteiger partial charge in [-0.3, -0.25) is 4.68 Å². The Kier molecular flexibility index (Phi) is 1.89. The van der Waals surface area contributed by atoms with Crippen LogP contribution in [-0.2, 0) is 13.5 Å². The van der Waals surface area contributed by atoms with Crippen LogP contribution in [0.3, 0.4) is 0 Å². The summed E-state index contributed by atoms with van der Waals surface area (Å²) in [5.41, 5.74) is 9.29. The normalized spacial score (nSPS) is 13.6. The Morgan fingerprint density at radius 1 is 1.44 bits per heavy atom. The average molecular weight is 215 g/mol. The molecule has 0 radical (unpaired) electrons. The topological polar surface area (TPSA) is 53.1 Å². The largest absolute Gasteiger partial charge is 0.493 e. The smallest absolute Gasteiger partial charge is 0.129 e. The zero-order valence-electron chi connectivity index (χ0n) is 9.10. The predicted octanol–water partition coefficient (Wildman–Crippen LogP) is 1.60. The van der Waals surface area contributed by atoms with Crippen LogP contribution in [0.4, 0.5) is 5.82 Å². The number of rotatable bonds is 1. The van der Waals surface area contributed by atoms with Gasteiger partial charge in [-0.2, -0.15) is 5.10 Å². The molecule has 0 saturated heterocycles. The van der Waals surface area contributed by atoms with Gasteiger partial charge in [0.1, 0.15) is 11.6 Å². The summed E-state index contributed by atoms with van der Waals surface area (Å²) in [6, 6.07) is 6.16. The molecule has 1 aromatic carbocycles. The standard InChI is InChI=1S/C12H13N3O/c1-15-12(13)10(7-14-15)8-2-3-11-9(6-8)4-5-16-11/h2-3,6-7H,4-5,13H2,1H3. The maximum atomic E-state index is 5.95. The summed E-state index contributed by atoms with van der Waals surface area (Å²) in [6.45, 7) is 0.779. The number of fused-ring (bicyclic) bond motifs is 1.